The van der Waals surface area contributed by atoms with Crippen LogP contribution in [0.5, 0.6) is 0 Å². The van der Waals surface area contributed by atoms with Crippen LogP contribution in [0.4, 0.5) is 5.69 Å². The third-order valence-corrected chi connectivity index (χ3v) is 4.74. The van der Waals surface area contributed by atoms with Crippen molar-refractivity contribution < 1.29 is 14.3 Å². The summed E-state index contributed by atoms with van der Waals surface area (Å²) in [6, 6.07) is 7.60. The molecule has 144 valence electrons. The smallest absolute Gasteiger partial charge is 0.291 e. The van der Waals surface area contributed by atoms with Gasteiger partial charge in [-0.15, -0.1) is 0 Å². The fourth-order valence-electron chi connectivity index (χ4n) is 3.29. The molecular weight excluding hydrogens is 344 g/mol. The molecule has 7 heteroatoms. The lowest BCUT2D eigenvalue weighted by molar-refractivity contribution is 0.0942. The van der Waals surface area contributed by atoms with Crippen molar-refractivity contribution in [3.05, 3.63) is 47.0 Å². The molecule has 0 saturated heterocycles. The van der Waals surface area contributed by atoms with E-state index in [0.717, 1.165) is 42.6 Å². The van der Waals surface area contributed by atoms with Crippen molar-refractivity contribution in [3.63, 3.8) is 0 Å². The van der Waals surface area contributed by atoms with Crippen LogP contribution in [0.1, 0.15) is 51.6 Å². The van der Waals surface area contributed by atoms with Gasteiger partial charge in [0.25, 0.3) is 11.8 Å². The van der Waals surface area contributed by atoms with Crippen LogP contribution in [-0.2, 0) is 17.7 Å². The van der Waals surface area contributed by atoms with Gasteiger partial charge in [0.15, 0.2) is 5.82 Å². The highest BCUT2D eigenvalue weighted by molar-refractivity contribution is 6.04. The number of nitrogens with zero attached hydrogens (tertiary/aromatic N) is 2. The first kappa shape index (κ1) is 19.1. The highest BCUT2D eigenvalue weighted by Gasteiger charge is 2.27. The van der Waals surface area contributed by atoms with Crippen LogP contribution in [0.25, 0.3) is 0 Å². The average molecular weight is 370 g/mol. The van der Waals surface area contributed by atoms with Gasteiger partial charge in [0, 0.05) is 32.5 Å². The Morgan fingerprint density at radius 1 is 1.22 bits per heavy atom. The number of rotatable bonds is 7. The van der Waals surface area contributed by atoms with Crippen molar-refractivity contribution in [1.82, 2.24) is 14.9 Å². The average Bonchev–Trinajstić information content (AvgIpc) is 3.07. The number of amides is 2. The van der Waals surface area contributed by atoms with Crippen molar-refractivity contribution >= 4 is 17.5 Å². The lowest BCUT2D eigenvalue weighted by Gasteiger charge is -2.17. The molecule has 3 rings (SSSR count). The van der Waals surface area contributed by atoms with Crippen LogP contribution in [-0.4, -0.2) is 41.6 Å². The van der Waals surface area contributed by atoms with Gasteiger partial charge in [-0.3, -0.25) is 9.59 Å². The number of ether oxygens (including phenoxy) is 1. The number of fused-ring (bicyclic) bond motifs is 1. The second kappa shape index (κ2) is 8.81. The largest absolute Gasteiger partial charge is 0.385 e. The number of hydrogen-bond acceptors (Lipinski definition) is 4. The van der Waals surface area contributed by atoms with Gasteiger partial charge in [0.2, 0.25) is 0 Å². The van der Waals surface area contributed by atoms with Crippen molar-refractivity contribution in [2.75, 3.05) is 25.6 Å². The number of hydrogen-bond donors (Lipinski definition) is 2. The summed E-state index contributed by atoms with van der Waals surface area (Å²) in [6.07, 6.45) is 3.46. The SMILES string of the molecule is COCCCNC(=O)c1nc(C(=O)Nc2ccccc2C)n2c1CCCC2. The van der Waals surface area contributed by atoms with Gasteiger partial charge in [-0.1, -0.05) is 18.2 Å². The molecule has 7 nitrogen and oxygen atoms in total. The zero-order valence-electron chi connectivity index (χ0n) is 15.9. The van der Waals surface area contributed by atoms with Gasteiger partial charge in [0.05, 0.1) is 5.69 Å². The van der Waals surface area contributed by atoms with Crippen LogP contribution in [0.15, 0.2) is 24.3 Å². The summed E-state index contributed by atoms with van der Waals surface area (Å²) in [7, 11) is 1.63. The number of benzene rings is 1. The van der Waals surface area contributed by atoms with E-state index in [9.17, 15) is 9.59 Å². The molecule has 0 unspecified atom stereocenters. The molecule has 2 heterocycles. The molecule has 2 aromatic rings. The van der Waals surface area contributed by atoms with E-state index in [-0.39, 0.29) is 11.8 Å². The molecule has 1 aliphatic rings. The Labute approximate surface area is 159 Å². The molecule has 0 bridgehead atoms. The fourth-order valence-corrected chi connectivity index (χ4v) is 3.29. The van der Waals surface area contributed by atoms with Crippen LogP contribution in [0.3, 0.4) is 0 Å². The molecule has 0 aliphatic carbocycles. The summed E-state index contributed by atoms with van der Waals surface area (Å²) in [5.41, 5.74) is 2.94. The summed E-state index contributed by atoms with van der Waals surface area (Å²) in [5.74, 6) is -0.215. The van der Waals surface area contributed by atoms with Gasteiger partial charge in [-0.25, -0.2) is 4.98 Å². The highest BCUT2D eigenvalue weighted by Crippen LogP contribution is 2.22. The predicted octanol–water partition coefficient (Wildman–Crippen LogP) is 2.55. The number of carbonyl (C=O) groups is 2. The van der Waals surface area contributed by atoms with Crippen LogP contribution in [0, 0.1) is 6.92 Å². The summed E-state index contributed by atoms with van der Waals surface area (Å²) < 4.78 is 6.89. The van der Waals surface area contributed by atoms with E-state index < -0.39 is 0 Å². The van der Waals surface area contributed by atoms with Gasteiger partial charge in [-0.05, 0) is 44.2 Å². The fraction of sp³-hybridized carbons (Fsp3) is 0.450. The molecule has 0 saturated carbocycles. The summed E-state index contributed by atoms with van der Waals surface area (Å²) in [6.45, 7) is 3.75. The molecule has 0 fully saturated rings. The maximum Gasteiger partial charge on any atom is 0.291 e. The van der Waals surface area contributed by atoms with Gasteiger partial charge < -0.3 is 19.9 Å². The second-order valence-electron chi connectivity index (χ2n) is 6.71. The number of nitrogens with one attached hydrogen (secondary N) is 2. The lowest BCUT2D eigenvalue weighted by atomic mass is 10.1. The van der Waals surface area contributed by atoms with E-state index in [4.69, 9.17) is 4.74 Å². The van der Waals surface area contributed by atoms with Crippen molar-refractivity contribution in [3.8, 4) is 0 Å². The van der Waals surface area contributed by atoms with Crippen molar-refractivity contribution in [2.45, 2.75) is 39.2 Å². The Morgan fingerprint density at radius 3 is 2.81 bits per heavy atom. The summed E-state index contributed by atoms with van der Waals surface area (Å²) in [5, 5.41) is 5.79. The molecule has 1 aromatic carbocycles. The lowest BCUT2D eigenvalue weighted by Crippen LogP contribution is -2.27. The zero-order chi connectivity index (χ0) is 19.2. The van der Waals surface area contributed by atoms with E-state index in [1.165, 1.54) is 0 Å². The molecule has 0 radical (unpaired) electrons. The van der Waals surface area contributed by atoms with Crippen LogP contribution in [0.2, 0.25) is 0 Å². The quantitative estimate of drug-likeness (QED) is 0.734. The number of anilines is 1. The minimum atomic E-state index is -0.286. The monoisotopic (exact) mass is 370 g/mol. The molecule has 27 heavy (non-hydrogen) atoms. The minimum Gasteiger partial charge on any atom is -0.385 e. The number of aryl methyl sites for hydroxylation is 1. The van der Waals surface area contributed by atoms with E-state index in [0.29, 0.717) is 31.2 Å². The van der Waals surface area contributed by atoms with E-state index in [2.05, 4.69) is 15.6 Å². The molecule has 1 aromatic heterocycles. The Morgan fingerprint density at radius 2 is 2.04 bits per heavy atom. The van der Waals surface area contributed by atoms with Crippen molar-refractivity contribution in [2.24, 2.45) is 0 Å². The number of carbonyl (C=O) groups excluding carboxylic acids is 2. The third-order valence-electron chi connectivity index (χ3n) is 4.74. The second-order valence-corrected chi connectivity index (χ2v) is 6.71. The summed E-state index contributed by atoms with van der Waals surface area (Å²) in [4.78, 5) is 29.8. The maximum atomic E-state index is 12.8. The van der Waals surface area contributed by atoms with Gasteiger partial charge in [0.1, 0.15) is 5.69 Å². The maximum absolute atomic E-state index is 12.8. The normalized spacial score (nSPS) is 13.1. The molecule has 2 N–H and O–H groups in total. The third kappa shape index (κ3) is 4.36. The Kier molecular flexibility index (Phi) is 6.24. The number of aromatic nitrogens is 2. The highest BCUT2D eigenvalue weighted by atomic mass is 16.5. The molecule has 1 aliphatic heterocycles. The van der Waals surface area contributed by atoms with Gasteiger partial charge >= 0.3 is 0 Å². The van der Waals surface area contributed by atoms with E-state index in [1.807, 2.05) is 35.8 Å². The van der Waals surface area contributed by atoms with Crippen molar-refractivity contribution in [1.29, 1.82) is 0 Å². The first-order valence-electron chi connectivity index (χ1n) is 9.35. The summed E-state index contributed by atoms with van der Waals surface area (Å²) >= 11 is 0. The number of imidazole rings is 1. The standard InChI is InChI=1S/C20H26N4O3/c1-14-8-3-4-9-15(14)22-20(26)18-23-17(16-10-5-6-12-24(16)18)19(25)21-11-7-13-27-2/h3-4,8-9H,5-7,10-13H2,1-2H3,(H,21,25)(H,22,26). The van der Waals surface area contributed by atoms with Crippen LogP contribution >= 0.6 is 0 Å². The van der Waals surface area contributed by atoms with Gasteiger partial charge in [-0.2, -0.15) is 0 Å². The predicted molar refractivity (Wildman–Crippen MR) is 103 cm³/mol. The topological polar surface area (TPSA) is 85.2 Å². The minimum absolute atomic E-state index is 0.230. The first-order valence-corrected chi connectivity index (χ1v) is 9.35. The molecular formula is C20H26N4O3. The number of para-hydroxylation sites is 1. The van der Waals surface area contributed by atoms with E-state index in [1.54, 1.807) is 7.11 Å². The van der Waals surface area contributed by atoms with Crippen LogP contribution < -0.4 is 10.6 Å². The first-order chi connectivity index (χ1) is 13.1. The zero-order valence-corrected chi connectivity index (χ0v) is 15.9. The Bertz CT molecular complexity index is 829. The molecule has 0 spiro atoms. The molecule has 0 atom stereocenters. The molecule has 2 amide bonds. The number of methoxy groups -OCH3 is 1. The Hall–Kier alpha value is -2.67. The Balaban J connectivity index is 1.81. The van der Waals surface area contributed by atoms with E-state index >= 15 is 0 Å².